The van der Waals surface area contributed by atoms with Crippen molar-refractivity contribution in [1.82, 2.24) is 9.21 Å². The highest BCUT2D eigenvalue weighted by Gasteiger charge is 2.38. The highest BCUT2D eigenvalue weighted by atomic mass is 32.2. The minimum absolute atomic E-state index is 0.143. The first kappa shape index (κ1) is 16.9. The van der Waals surface area contributed by atoms with Crippen LogP contribution in [0.5, 0.6) is 0 Å². The number of esters is 1. The van der Waals surface area contributed by atoms with E-state index in [1.165, 1.54) is 11.4 Å². The second-order valence-electron chi connectivity index (χ2n) is 5.45. The first-order valence-corrected chi connectivity index (χ1v) is 8.68. The maximum absolute atomic E-state index is 12.5. The Hall–Kier alpha value is -1.44. The quantitative estimate of drug-likeness (QED) is 0.721. The van der Waals surface area contributed by atoms with Crippen molar-refractivity contribution < 1.29 is 17.9 Å². The molecule has 7 heteroatoms. The molecule has 1 aromatic rings. The predicted octanol–water partition coefficient (Wildman–Crippen LogP) is 0.727. The summed E-state index contributed by atoms with van der Waals surface area (Å²) in [5, 5.41) is 0. The third kappa shape index (κ3) is 3.48. The van der Waals surface area contributed by atoms with Crippen molar-refractivity contribution >= 4 is 16.0 Å². The van der Waals surface area contributed by atoms with Crippen molar-refractivity contribution in [2.24, 2.45) is 0 Å². The average Bonchev–Trinajstić information content (AvgIpc) is 2.45. The Bertz CT molecular complexity index is 621. The summed E-state index contributed by atoms with van der Waals surface area (Å²) in [5.41, 5.74) is 0.734. The fourth-order valence-electron chi connectivity index (χ4n) is 2.32. The van der Waals surface area contributed by atoms with E-state index in [-0.39, 0.29) is 17.3 Å². The molecule has 0 bridgehead atoms. The number of methoxy groups -OCH3 is 1. The zero-order valence-electron chi connectivity index (χ0n) is 13.2. The lowest BCUT2D eigenvalue weighted by molar-refractivity contribution is -0.139. The summed E-state index contributed by atoms with van der Waals surface area (Å²) >= 11 is 0. The van der Waals surface area contributed by atoms with Crippen molar-refractivity contribution in [3.05, 3.63) is 29.8 Å². The molecule has 1 saturated heterocycles. The van der Waals surface area contributed by atoms with Crippen molar-refractivity contribution in [2.75, 3.05) is 33.8 Å². The SMILES string of the molecule is CCN(C)C1CN(S(=O)(=O)c2ccc(CC(=O)OC)cc2)C1. The fraction of sp³-hybridized carbons (Fsp3) is 0.533. The summed E-state index contributed by atoms with van der Waals surface area (Å²) < 4.78 is 31.0. The van der Waals surface area contributed by atoms with Gasteiger partial charge in [-0.2, -0.15) is 4.31 Å². The van der Waals surface area contributed by atoms with E-state index in [0.717, 1.165) is 12.1 Å². The minimum atomic E-state index is -3.44. The number of hydrogen-bond acceptors (Lipinski definition) is 5. The molecule has 1 aromatic carbocycles. The van der Waals surface area contributed by atoms with Crippen LogP contribution >= 0.6 is 0 Å². The van der Waals surface area contributed by atoms with Crippen molar-refractivity contribution in [2.45, 2.75) is 24.3 Å². The summed E-state index contributed by atoms with van der Waals surface area (Å²) in [6, 6.07) is 6.69. The van der Waals surface area contributed by atoms with Gasteiger partial charge in [-0.05, 0) is 31.3 Å². The van der Waals surface area contributed by atoms with Gasteiger partial charge in [0.25, 0.3) is 0 Å². The van der Waals surface area contributed by atoms with Crippen LogP contribution in [0, 0.1) is 0 Å². The Labute approximate surface area is 131 Å². The second kappa shape index (κ2) is 6.76. The largest absolute Gasteiger partial charge is 0.469 e. The third-order valence-electron chi connectivity index (χ3n) is 4.09. The van der Waals surface area contributed by atoms with E-state index < -0.39 is 10.0 Å². The van der Waals surface area contributed by atoms with E-state index in [0.29, 0.717) is 19.1 Å². The number of rotatable bonds is 6. The molecule has 0 aromatic heterocycles. The van der Waals surface area contributed by atoms with Crippen LogP contribution in [0.4, 0.5) is 0 Å². The number of ether oxygens (including phenoxy) is 1. The Balaban J connectivity index is 2.03. The molecule has 0 N–H and O–H groups in total. The number of carbonyl (C=O) groups is 1. The van der Waals surface area contributed by atoms with Crippen LogP contribution < -0.4 is 0 Å². The monoisotopic (exact) mass is 326 g/mol. The molecular formula is C15H22N2O4S. The van der Waals surface area contributed by atoms with Crippen molar-refractivity contribution in [1.29, 1.82) is 0 Å². The van der Waals surface area contributed by atoms with E-state index in [1.54, 1.807) is 24.3 Å². The van der Waals surface area contributed by atoms with Gasteiger partial charge in [0.15, 0.2) is 0 Å². The standard InChI is InChI=1S/C15H22N2O4S/c1-4-16(2)13-10-17(11-13)22(19,20)14-7-5-12(6-8-14)9-15(18)21-3/h5-8,13H,4,9-11H2,1-3H3. The van der Waals surface area contributed by atoms with Gasteiger partial charge in [-0.3, -0.25) is 4.79 Å². The third-order valence-corrected chi connectivity index (χ3v) is 5.93. The molecule has 1 fully saturated rings. The van der Waals surface area contributed by atoms with Gasteiger partial charge in [-0.1, -0.05) is 19.1 Å². The molecule has 0 unspecified atom stereocenters. The topological polar surface area (TPSA) is 66.9 Å². The van der Waals surface area contributed by atoms with Crippen LogP contribution in [-0.2, 0) is 26.0 Å². The van der Waals surface area contributed by atoms with Gasteiger partial charge in [0.05, 0.1) is 18.4 Å². The van der Waals surface area contributed by atoms with E-state index in [9.17, 15) is 13.2 Å². The molecule has 122 valence electrons. The van der Waals surface area contributed by atoms with Gasteiger partial charge in [0, 0.05) is 19.1 Å². The van der Waals surface area contributed by atoms with Crippen LogP contribution in [0.2, 0.25) is 0 Å². The molecular weight excluding hydrogens is 304 g/mol. The lowest BCUT2D eigenvalue weighted by atomic mass is 10.1. The lowest BCUT2D eigenvalue weighted by Gasteiger charge is -2.42. The van der Waals surface area contributed by atoms with Gasteiger partial charge < -0.3 is 9.64 Å². The van der Waals surface area contributed by atoms with Gasteiger partial charge >= 0.3 is 5.97 Å². The van der Waals surface area contributed by atoms with Gasteiger partial charge in [-0.15, -0.1) is 0 Å². The van der Waals surface area contributed by atoms with Crippen LogP contribution in [-0.4, -0.2) is 63.4 Å². The molecule has 6 nitrogen and oxygen atoms in total. The number of hydrogen-bond donors (Lipinski definition) is 0. The Morgan fingerprint density at radius 1 is 1.32 bits per heavy atom. The van der Waals surface area contributed by atoms with Crippen LogP contribution in [0.3, 0.4) is 0 Å². The Kier molecular flexibility index (Phi) is 5.20. The second-order valence-corrected chi connectivity index (χ2v) is 7.38. The predicted molar refractivity (Wildman–Crippen MR) is 83.0 cm³/mol. The average molecular weight is 326 g/mol. The molecule has 0 saturated carbocycles. The van der Waals surface area contributed by atoms with Crippen LogP contribution in [0.15, 0.2) is 29.2 Å². The highest BCUT2D eigenvalue weighted by Crippen LogP contribution is 2.24. The van der Waals surface area contributed by atoms with Crippen molar-refractivity contribution in [3.8, 4) is 0 Å². The first-order valence-electron chi connectivity index (χ1n) is 7.24. The van der Waals surface area contributed by atoms with E-state index in [2.05, 4.69) is 16.6 Å². The summed E-state index contributed by atoms with van der Waals surface area (Å²) in [5.74, 6) is -0.344. The van der Waals surface area contributed by atoms with E-state index in [1.807, 2.05) is 7.05 Å². The number of carbonyl (C=O) groups excluding carboxylic acids is 1. The fourth-order valence-corrected chi connectivity index (χ4v) is 3.83. The molecule has 2 rings (SSSR count). The molecule has 1 aliphatic rings. The Morgan fingerprint density at radius 3 is 2.41 bits per heavy atom. The molecule has 0 atom stereocenters. The van der Waals surface area contributed by atoms with E-state index >= 15 is 0 Å². The number of likely N-dealkylation sites (N-methyl/N-ethyl adjacent to an activating group) is 1. The zero-order valence-corrected chi connectivity index (χ0v) is 14.0. The molecule has 22 heavy (non-hydrogen) atoms. The van der Waals surface area contributed by atoms with Gasteiger partial charge in [0.1, 0.15) is 0 Å². The zero-order chi connectivity index (χ0) is 16.3. The molecule has 0 aliphatic carbocycles. The van der Waals surface area contributed by atoms with E-state index in [4.69, 9.17) is 0 Å². The molecule has 1 aliphatic heterocycles. The summed E-state index contributed by atoms with van der Waals surface area (Å²) in [7, 11) is -0.113. The highest BCUT2D eigenvalue weighted by molar-refractivity contribution is 7.89. The normalized spacial score (nSPS) is 16.5. The first-order chi connectivity index (χ1) is 10.4. The molecule has 0 amide bonds. The Morgan fingerprint density at radius 2 is 1.91 bits per heavy atom. The summed E-state index contributed by atoms with van der Waals surface area (Å²) in [4.78, 5) is 13.6. The molecule has 0 radical (unpaired) electrons. The van der Waals surface area contributed by atoms with Crippen LogP contribution in [0.25, 0.3) is 0 Å². The maximum Gasteiger partial charge on any atom is 0.309 e. The van der Waals surface area contributed by atoms with Crippen molar-refractivity contribution in [3.63, 3.8) is 0 Å². The van der Waals surface area contributed by atoms with Gasteiger partial charge in [0.2, 0.25) is 10.0 Å². The maximum atomic E-state index is 12.5. The minimum Gasteiger partial charge on any atom is -0.469 e. The van der Waals surface area contributed by atoms with Gasteiger partial charge in [-0.25, -0.2) is 8.42 Å². The molecule has 0 spiro atoms. The number of nitrogens with zero attached hydrogens (tertiary/aromatic N) is 2. The number of benzene rings is 1. The number of sulfonamides is 1. The summed E-state index contributed by atoms with van der Waals surface area (Å²) in [6.45, 7) is 4.01. The smallest absolute Gasteiger partial charge is 0.309 e. The van der Waals surface area contributed by atoms with Crippen LogP contribution in [0.1, 0.15) is 12.5 Å². The molecule has 1 heterocycles. The summed E-state index contributed by atoms with van der Waals surface area (Å²) in [6.07, 6.45) is 0.143. The lowest BCUT2D eigenvalue weighted by Crippen LogP contribution is -2.59.